The Hall–Kier alpha value is -7.38. The van der Waals surface area contributed by atoms with E-state index in [-0.39, 0.29) is 42.5 Å². The highest BCUT2D eigenvalue weighted by molar-refractivity contribution is 6.05. The van der Waals surface area contributed by atoms with Crippen LogP contribution < -0.4 is 41.3 Å². The van der Waals surface area contributed by atoms with Gasteiger partial charge in [0.05, 0.1) is 46.0 Å². The van der Waals surface area contributed by atoms with Crippen molar-refractivity contribution in [2.24, 2.45) is 5.73 Å². The molecular weight excluding hydrogens is 962 g/mol. The van der Waals surface area contributed by atoms with Crippen LogP contribution in [0.1, 0.15) is 54.9 Å². The molecule has 5 amide bonds. The largest absolute Gasteiger partial charge is 0.416 e. The molecule has 4 aromatic carbocycles. The Balaban J connectivity index is 0.000000191. The Kier molecular flexibility index (Phi) is 15.0. The van der Waals surface area contributed by atoms with Gasteiger partial charge in [-0.15, -0.1) is 12.4 Å². The molecule has 0 saturated carbocycles. The van der Waals surface area contributed by atoms with Crippen molar-refractivity contribution in [2.75, 3.05) is 56.4 Å². The Morgan fingerprint density at radius 2 is 1.04 bits per heavy atom. The molecule has 2 fully saturated rings. The van der Waals surface area contributed by atoms with Crippen LogP contribution in [-0.4, -0.2) is 66.2 Å². The number of anilines is 6. The summed E-state index contributed by atoms with van der Waals surface area (Å²) in [6, 6.07) is 30.8. The monoisotopic (exact) mass is 1010 g/mol. The Labute approximate surface area is 417 Å². The second-order valence-corrected chi connectivity index (χ2v) is 17.8. The van der Waals surface area contributed by atoms with Gasteiger partial charge in [-0.05, 0) is 110 Å². The number of pyridine rings is 2. The molecule has 4 bridgehead atoms. The molecule has 5 N–H and O–H groups in total. The van der Waals surface area contributed by atoms with E-state index < -0.39 is 23.5 Å². The molecule has 0 spiro atoms. The first-order valence-electron chi connectivity index (χ1n) is 23.2. The van der Waals surface area contributed by atoms with Crippen molar-refractivity contribution in [3.05, 3.63) is 144 Å². The van der Waals surface area contributed by atoms with Crippen molar-refractivity contribution in [1.82, 2.24) is 15.3 Å². The highest BCUT2D eigenvalue weighted by atomic mass is 35.5. The molecule has 6 heterocycles. The van der Waals surface area contributed by atoms with Gasteiger partial charge in [0.15, 0.2) is 11.6 Å². The van der Waals surface area contributed by atoms with Gasteiger partial charge in [0.25, 0.3) is 0 Å². The van der Waals surface area contributed by atoms with Crippen LogP contribution in [0.15, 0.2) is 121 Å². The Bertz CT molecular complexity index is 2940. The topological polar surface area (TPSA) is 152 Å². The number of rotatable bonds is 7. The second-order valence-electron chi connectivity index (χ2n) is 17.8. The minimum Gasteiger partial charge on any atom is -0.366 e. The number of hydrogen-bond donors (Lipinski definition) is 4. The van der Waals surface area contributed by atoms with Crippen LogP contribution >= 0.6 is 12.4 Å². The maximum absolute atomic E-state index is 13.5. The van der Waals surface area contributed by atoms with Gasteiger partial charge in [0.2, 0.25) is 5.91 Å². The van der Waals surface area contributed by atoms with E-state index >= 15 is 0 Å². The lowest BCUT2D eigenvalue weighted by molar-refractivity contribution is -0.138. The van der Waals surface area contributed by atoms with Gasteiger partial charge in [-0.2, -0.15) is 26.3 Å². The third-order valence-corrected chi connectivity index (χ3v) is 13.0. The normalized spacial score (nSPS) is 16.8. The lowest BCUT2D eigenvalue weighted by atomic mass is 9.99. The van der Waals surface area contributed by atoms with E-state index in [9.17, 15) is 40.7 Å². The summed E-state index contributed by atoms with van der Waals surface area (Å²) in [5.41, 5.74) is 10.3. The summed E-state index contributed by atoms with van der Waals surface area (Å²) >= 11 is 0. The average molecular weight is 1010 g/mol. The summed E-state index contributed by atoms with van der Waals surface area (Å²) < 4.78 is 79.6. The van der Waals surface area contributed by atoms with Gasteiger partial charge in [0.1, 0.15) is 0 Å². The number of aromatic nitrogens is 2. The first kappa shape index (κ1) is 51.0. The number of nitrogens with one attached hydrogen (secondary N) is 3. The van der Waals surface area contributed by atoms with Crippen molar-refractivity contribution >= 4 is 64.8 Å². The Morgan fingerprint density at radius 1 is 0.611 bits per heavy atom. The quantitative estimate of drug-likeness (QED) is 0.115. The number of piperidine rings is 2. The van der Waals surface area contributed by atoms with Crippen LogP contribution in [0.3, 0.4) is 0 Å². The first-order chi connectivity index (χ1) is 34.0. The summed E-state index contributed by atoms with van der Waals surface area (Å²) in [5.74, 6) is 0.771. The van der Waals surface area contributed by atoms with Crippen molar-refractivity contribution < 1.29 is 40.7 Å². The summed E-state index contributed by atoms with van der Waals surface area (Å²) in [4.78, 5) is 55.1. The molecule has 72 heavy (non-hydrogen) atoms. The maximum atomic E-state index is 13.5. The van der Waals surface area contributed by atoms with E-state index in [1.807, 2.05) is 36.4 Å². The van der Waals surface area contributed by atoms with Gasteiger partial charge in [0, 0.05) is 68.7 Å². The predicted molar refractivity (Wildman–Crippen MR) is 268 cm³/mol. The standard InChI is InChI=1S/C27H26F3N5O2.C25H24F3N5O.ClH/c1-17(36)31-15-18-7-9-21(10-8-18)32-26(37)35-22-6-3-13-34(16-22)24-12-11-23(33-25(24)35)19-4-2-5-20(14-19)27(28,29)30;26-25(27,28)18-4-1-3-17(13-18)21-10-11-22-23(31-21)33(20-5-2-12-32(22)15-20)24(34)30-19-8-6-16(14-29)7-9-19;/h2,4-5,7-12,14,22H,3,6,13,15-16H2,1H3,(H,31,36)(H,32,37);1,3-4,6-11,13,20H,2,5,12,14-15,29H2,(H,30,34);1H/t22-;20-;/m00./s1. The third-order valence-electron chi connectivity index (χ3n) is 13.0. The fraction of sp³-hybridized carbons (Fsp3) is 0.288. The molecule has 2 saturated heterocycles. The van der Waals surface area contributed by atoms with Crippen molar-refractivity contribution in [2.45, 2.75) is 70.1 Å². The highest BCUT2D eigenvalue weighted by Gasteiger charge is 2.40. The van der Waals surface area contributed by atoms with E-state index in [1.165, 1.54) is 19.1 Å². The number of nitrogens with two attached hydrogens (primary N) is 1. The third kappa shape index (κ3) is 11.2. The van der Waals surface area contributed by atoms with Crippen LogP contribution in [0.4, 0.5) is 70.3 Å². The van der Waals surface area contributed by atoms with Gasteiger partial charge < -0.3 is 31.5 Å². The van der Waals surface area contributed by atoms with Crippen LogP contribution in [-0.2, 0) is 30.2 Å². The minimum absolute atomic E-state index is 0. The number of amides is 5. The number of hydrogen-bond acceptors (Lipinski definition) is 8. The molecule has 0 radical (unpaired) electrons. The van der Waals surface area contributed by atoms with Gasteiger partial charge in [-0.1, -0.05) is 48.5 Å². The zero-order valence-corrected chi connectivity index (χ0v) is 39.8. The van der Waals surface area contributed by atoms with E-state index in [0.29, 0.717) is 71.7 Å². The summed E-state index contributed by atoms with van der Waals surface area (Å²) in [6.07, 6.45) is -5.43. The van der Waals surface area contributed by atoms with Crippen LogP contribution in [0.5, 0.6) is 0 Å². The fourth-order valence-corrected chi connectivity index (χ4v) is 9.42. The van der Waals surface area contributed by atoms with Crippen LogP contribution in [0, 0.1) is 0 Å². The lowest BCUT2D eigenvalue weighted by Gasteiger charge is -2.45. The summed E-state index contributed by atoms with van der Waals surface area (Å²) in [5, 5.41) is 8.59. The first-order valence-corrected chi connectivity index (χ1v) is 23.2. The van der Waals surface area contributed by atoms with Crippen LogP contribution in [0.2, 0.25) is 0 Å². The molecular formula is C52H51ClF6N10O3. The second kappa shape index (κ2) is 21.1. The number of carbonyl (C=O) groups is 3. The number of urea groups is 2. The molecule has 4 aliphatic rings. The molecule has 4 aliphatic heterocycles. The van der Waals surface area contributed by atoms with Crippen LogP contribution in [0.25, 0.3) is 22.5 Å². The molecule has 2 aromatic heterocycles. The maximum Gasteiger partial charge on any atom is 0.416 e. The molecule has 376 valence electrons. The van der Waals surface area contributed by atoms with E-state index in [1.54, 1.807) is 58.3 Å². The zero-order chi connectivity index (χ0) is 50.0. The molecule has 13 nitrogen and oxygen atoms in total. The lowest BCUT2D eigenvalue weighted by Crippen LogP contribution is -2.56. The fourth-order valence-electron chi connectivity index (χ4n) is 9.42. The number of carbonyl (C=O) groups excluding carboxylic acids is 3. The number of alkyl halides is 6. The number of nitrogens with zero attached hydrogens (tertiary/aromatic N) is 6. The molecule has 0 unspecified atom stereocenters. The van der Waals surface area contributed by atoms with Crippen molar-refractivity contribution in [3.63, 3.8) is 0 Å². The number of halogens is 7. The Morgan fingerprint density at radius 3 is 1.44 bits per heavy atom. The molecule has 20 heteroatoms. The highest BCUT2D eigenvalue weighted by Crippen LogP contribution is 2.42. The van der Waals surface area contributed by atoms with Gasteiger partial charge in [-0.3, -0.25) is 14.6 Å². The van der Waals surface area contributed by atoms with Gasteiger partial charge in [-0.25, -0.2) is 19.6 Å². The smallest absolute Gasteiger partial charge is 0.366 e. The van der Waals surface area contributed by atoms with E-state index in [0.717, 1.165) is 85.5 Å². The minimum atomic E-state index is -4.46. The summed E-state index contributed by atoms with van der Waals surface area (Å²) in [6.45, 7) is 5.29. The van der Waals surface area contributed by atoms with Crippen molar-refractivity contribution in [3.8, 4) is 22.5 Å². The molecule has 0 aliphatic carbocycles. The van der Waals surface area contributed by atoms with E-state index in [4.69, 9.17) is 15.7 Å². The predicted octanol–water partition coefficient (Wildman–Crippen LogP) is 11.1. The molecule has 2 atom stereocenters. The van der Waals surface area contributed by atoms with E-state index in [2.05, 4.69) is 25.8 Å². The summed E-state index contributed by atoms with van der Waals surface area (Å²) in [7, 11) is 0. The molecule has 6 aromatic rings. The SMILES string of the molecule is CC(=O)NCc1ccc(NC(=O)N2c3nc(-c4cccc(C(F)(F)F)c4)ccc3N3CCC[C@H]2C3)cc1.Cl.NCc1ccc(NC(=O)N2c3nc(-c4cccc(C(F)(F)F)c4)ccc3N3CCC[C@H]2C3)cc1. The average Bonchev–Trinajstić information content (AvgIpc) is 3.36. The molecule has 10 rings (SSSR count). The number of fused-ring (bicyclic) bond motifs is 8. The zero-order valence-electron chi connectivity index (χ0n) is 38.9. The van der Waals surface area contributed by atoms with Gasteiger partial charge >= 0.3 is 24.4 Å². The van der Waals surface area contributed by atoms with Crippen molar-refractivity contribution in [1.29, 1.82) is 0 Å². The number of benzene rings is 4.